The van der Waals surface area contributed by atoms with E-state index in [1.54, 1.807) is 0 Å². The molecule has 0 saturated heterocycles. The van der Waals surface area contributed by atoms with E-state index in [-0.39, 0.29) is 11.5 Å². The van der Waals surface area contributed by atoms with Gasteiger partial charge >= 0.3 is 0 Å². The van der Waals surface area contributed by atoms with Crippen LogP contribution in [0.2, 0.25) is 0 Å². The maximum absolute atomic E-state index is 10.8. The van der Waals surface area contributed by atoms with Crippen LogP contribution in [-0.4, -0.2) is 11.2 Å². The van der Waals surface area contributed by atoms with E-state index in [1.165, 1.54) is 17.6 Å². The van der Waals surface area contributed by atoms with Crippen molar-refractivity contribution in [3.63, 3.8) is 0 Å². The summed E-state index contributed by atoms with van der Waals surface area (Å²) >= 11 is 0. The van der Waals surface area contributed by atoms with Crippen molar-refractivity contribution in [2.45, 2.75) is 51.6 Å². The number of nitroso groups, excluding NO2 is 1. The van der Waals surface area contributed by atoms with E-state index in [0.29, 0.717) is 23.5 Å². The van der Waals surface area contributed by atoms with Crippen molar-refractivity contribution in [3.8, 4) is 0 Å². The van der Waals surface area contributed by atoms with Crippen LogP contribution in [0.1, 0.15) is 45.4 Å². The minimum Gasteiger partial charge on any atom is -0.393 e. The highest BCUT2D eigenvalue weighted by molar-refractivity contribution is 5.45. The smallest absolute Gasteiger partial charge is 0.0855 e. The number of allylic oxidation sites excluding steroid dienone is 6. The highest BCUT2D eigenvalue weighted by Gasteiger charge is 2.52. The first-order valence-corrected chi connectivity index (χ1v) is 8.26. The Morgan fingerprint density at radius 1 is 1.19 bits per heavy atom. The second kappa shape index (κ2) is 4.64. The quantitative estimate of drug-likeness (QED) is 0.737. The molecule has 0 aromatic heterocycles. The molecule has 3 nitrogen and oxygen atoms in total. The van der Waals surface area contributed by atoms with Gasteiger partial charge in [-0.15, -0.1) is 4.91 Å². The van der Waals surface area contributed by atoms with Crippen LogP contribution in [0.3, 0.4) is 0 Å². The van der Waals surface area contributed by atoms with Crippen LogP contribution in [0.25, 0.3) is 0 Å². The SMILES string of the molecule is C[C@]12CC=C3C4=CC=C(N=O)CC4CCC3C1CCC2O. The zero-order chi connectivity index (χ0) is 14.6. The van der Waals surface area contributed by atoms with Gasteiger partial charge in [0.05, 0.1) is 11.8 Å². The second-order valence-electron chi connectivity index (χ2n) is 7.53. The van der Waals surface area contributed by atoms with Gasteiger partial charge in [-0.3, -0.25) is 0 Å². The van der Waals surface area contributed by atoms with Gasteiger partial charge in [0.15, 0.2) is 0 Å². The molecule has 4 unspecified atom stereocenters. The summed E-state index contributed by atoms with van der Waals surface area (Å²) in [5.41, 5.74) is 3.74. The number of rotatable bonds is 1. The predicted molar refractivity (Wildman–Crippen MR) is 82.3 cm³/mol. The third-order valence-electron chi connectivity index (χ3n) is 6.63. The van der Waals surface area contributed by atoms with Crippen LogP contribution in [0.4, 0.5) is 0 Å². The average molecular weight is 285 g/mol. The summed E-state index contributed by atoms with van der Waals surface area (Å²) < 4.78 is 0. The van der Waals surface area contributed by atoms with E-state index >= 15 is 0 Å². The maximum atomic E-state index is 10.8. The maximum Gasteiger partial charge on any atom is 0.0855 e. The fourth-order valence-corrected chi connectivity index (χ4v) is 5.37. The van der Waals surface area contributed by atoms with Gasteiger partial charge in [0.1, 0.15) is 0 Å². The largest absolute Gasteiger partial charge is 0.393 e. The Morgan fingerprint density at radius 3 is 2.86 bits per heavy atom. The minimum absolute atomic E-state index is 0.0849. The van der Waals surface area contributed by atoms with Crippen LogP contribution in [0.15, 0.2) is 40.2 Å². The summed E-state index contributed by atoms with van der Waals surface area (Å²) in [6.45, 7) is 2.28. The molecule has 112 valence electrons. The van der Waals surface area contributed by atoms with Crippen molar-refractivity contribution >= 4 is 0 Å². The average Bonchev–Trinajstić information content (AvgIpc) is 2.82. The molecule has 4 rings (SSSR count). The molecular formula is C18H23NO2. The van der Waals surface area contributed by atoms with Gasteiger partial charge in [-0.1, -0.05) is 19.1 Å². The van der Waals surface area contributed by atoms with Crippen molar-refractivity contribution in [2.24, 2.45) is 28.3 Å². The van der Waals surface area contributed by atoms with Gasteiger partial charge in [0.25, 0.3) is 0 Å². The normalized spacial score (nSPS) is 44.8. The Bertz CT molecular complexity index is 574. The van der Waals surface area contributed by atoms with E-state index in [0.717, 1.165) is 32.1 Å². The topological polar surface area (TPSA) is 49.7 Å². The van der Waals surface area contributed by atoms with Gasteiger partial charge in [0, 0.05) is 11.8 Å². The van der Waals surface area contributed by atoms with Gasteiger partial charge in [-0.25, -0.2) is 0 Å². The van der Waals surface area contributed by atoms with Crippen LogP contribution in [0, 0.1) is 28.1 Å². The van der Waals surface area contributed by atoms with Gasteiger partial charge < -0.3 is 5.11 Å². The number of nitrogens with zero attached hydrogens (tertiary/aromatic N) is 1. The molecule has 4 aliphatic rings. The number of hydrogen-bond donors (Lipinski definition) is 1. The van der Waals surface area contributed by atoms with Crippen LogP contribution in [0.5, 0.6) is 0 Å². The predicted octanol–water partition coefficient (Wildman–Crippen LogP) is 4.10. The van der Waals surface area contributed by atoms with Crippen molar-refractivity contribution in [2.75, 3.05) is 0 Å². The van der Waals surface area contributed by atoms with Crippen LogP contribution in [-0.2, 0) is 0 Å². The van der Waals surface area contributed by atoms with E-state index in [9.17, 15) is 10.0 Å². The second-order valence-corrected chi connectivity index (χ2v) is 7.53. The van der Waals surface area contributed by atoms with Gasteiger partial charge in [-0.05, 0) is 72.3 Å². The molecule has 2 fully saturated rings. The molecule has 0 bridgehead atoms. The molecule has 21 heavy (non-hydrogen) atoms. The minimum atomic E-state index is -0.135. The third-order valence-corrected chi connectivity index (χ3v) is 6.63. The Kier molecular flexibility index (Phi) is 2.97. The highest BCUT2D eigenvalue weighted by Crippen LogP contribution is 2.59. The van der Waals surface area contributed by atoms with Crippen molar-refractivity contribution in [1.82, 2.24) is 0 Å². The Balaban J connectivity index is 1.71. The molecular weight excluding hydrogens is 262 g/mol. The molecule has 0 amide bonds. The standard InChI is InChI=1S/C18H23NO2/c1-18-9-8-14-13-5-3-12(19-21)10-11(13)2-4-15(14)16(18)6-7-17(18)20/h3,5,8,11,15-17,20H,2,4,6-7,9-10H2,1H3/t11?,15?,16?,17?,18-/m0/s1. The lowest BCUT2D eigenvalue weighted by molar-refractivity contribution is 0.0183. The number of aliphatic hydroxyl groups excluding tert-OH is 1. The summed E-state index contributed by atoms with van der Waals surface area (Å²) in [6.07, 6.45) is 12.6. The fourth-order valence-electron chi connectivity index (χ4n) is 5.37. The molecule has 4 aliphatic carbocycles. The molecule has 0 aliphatic heterocycles. The Morgan fingerprint density at radius 2 is 2.05 bits per heavy atom. The molecule has 1 N–H and O–H groups in total. The Labute approximate surface area is 125 Å². The van der Waals surface area contributed by atoms with Crippen molar-refractivity contribution in [3.05, 3.63) is 40.0 Å². The Hall–Kier alpha value is -1.22. The summed E-state index contributed by atoms with van der Waals surface area (Å²) in [6, 6.07) is 0. The molecule has 5 atom stereocenters. The van der Waals surface area contributed by atoms with Crippen molar-refractivity contribution in [1.29, 1.82) is 0 Å². The highest BCUT2D eigenvalue weighted by atomic mass is 16.3. The lowest BCUT2D eigenvalue weighted by Gasteiger charge is -2.47. The van der Waals surface area contributed by atoms with Crippen LogP contribution >= 0.6 is 0 Å². The number of aliphatic hydroxyl groups is 1. The van der Waals surface area contributed by atoms with Crippen molar-refractivity contribution < 1.29 is 5.11 Å². The van der Waals surface area contributed by atoms with Crippen LogP contribution < -0.4 is 0 Å². The van der Waals surface area contributed by atoms with E-state index in [2.05, 4.69) is 24.3 Å². The molecule has 0 radical (unpaired) electrons. The van der Waals surface area contributed by atoms with E-state index in [4.69, 9.17) is 0 Å². The molecule has 2 saturated carbocycles. The fraction of sp³-hybridized carbons (Fsp3) is 0.667. The lowest BCUT2D eigenvalue weighted by atomic mass is 9.57. The molecule has 0 heterocycles. The zero-order valence-corrected chi connectivity index (χ0v) is 12.6. The third kappa shape index (κ3) is 1.83. The first-order chi connectivity index (χ1) is 10.1. The number of hydrogen-bond acceptors (Lipinski definition) is 3. The summed E-state index contributed by atoms with van der Waals surface area (Å²) in [5.74, 6) is 1.73. The summed E-state index contributed by atoms with van der Waals surface area (Å²) in [7, 11) is 0. The van der Waals surface area contributed by atoms with E-state index < -0.39 is 0 Å². The first-order valence-electron chi connectivity index (χ1n) is 8.26. The first kappa shape index (κ1) is 13.4. The number of fused-ring (bicyclic) bond motifs is 5. The zero-order valence-electron chi connectivity index (χ0n) is 12.6. The summed E-state index contributed by atoms with van der Waals surface area (Å²) in [4.78, 5) is 10.8. The molecule has 0 aromatic rings. The molecule has 0 aromatic carbocycles. The monoisotopic (exact) mass is 285 g/mol. The molecule has 0 spiro atoms. The lowest BCUT2D eigenvalue weighted by Crippen LogP contribution is -2.41. The van der Waals surface area contributed by atoms with Gasteiger partial charge in [-0.2, -0.15) is 0 Å². The molecule has 3 heteroatoms. The summed E-state index contributed by atoms with van der Waals surface area (Å²) in [5, 5.41) is 13.5. The van der Waals surface area contributed by atoms with Gasteiger partial charge in [0.2, 0.25) is 0 Å². The van der Waals surface area contributed by atoms with E-state index in [1.807, 2.05) is 6.08 Å².